The topological polar surface area (TPSA) is 106 Å². The van der Waals surface area contributed by atoms with Crippen molar-refractivity contribution in [2.45, 2.75) is 45.1 Å². The van der Waals surface area contributed by atoms with Crippen molar-refractivity contribution in [2.75, 3.05) is 6.79 Å². The van der Waals surface area contributed by atoms with E-state index in [9.17, 15) is 14.7 Å². The molecule has 8 heteroatoms. The molecule has 1 aliphatic carbocycles. The second-order valence-electron chi connectivity index (χ2n) is 6.85. The third-order valence-electron chi connectivity index (χ3n) is 5.07. The molecule has 1 fully saturated rings. The summed E-state index contributed by atoms with van der Waals surface area (Å²) in [5.74, 6) is 0.894. The van der Waals surface area contributed by atoms with Crippen LogP contribution in [0.1, 0.15) is 50.6 Å². The lowest BCUT2D eigenvalue weighted by atomic mass is 9.95. The lowest BCUT2D eigenvalue weighted by Crippen LogP contribution is -2.36. The summed E-state index contributed by atoms with van der Waals surface area (Å²) in [6.45, 7) is 1.79. The van der Waals surface area contributed by atoms with E-state index in [2.05, 4.69) is 9.98 Å². The number of H-pyrrole nitrogens is 1. The SMILES string of the molecule is CC(=Nc1ccc2c(c1)OCO2)c1c(O)n(C2CCCCC2)c(=O)[nH]c1=O. The van der Waals surface area contributed by atoms with Gasteiger partial charge >= 0.3 is 5.69 Å². The summed E-state index contributed by atoms with van der Waals surface area (Å²) in [5.41, 5.74) is -0.337. The number of aromatic hydroxyl groups is 1. The van der Waals surface area contributed by atoms with Crippen LogP contribution in [0.5, 0.6) is 17.4 Å². The lowest BCUT2D eigenvalue weighted by Gasteiger charge is -2.25. The van der Waals surface area contributed by atoms with Gasteiger partial charge in [0.25, 0.3) is 5.56 Å². The van der Waals surface area contributed by atoms with E-state index in [1.54, 1.807) is 25.1 Å². The van der Waals surface area contributed by atoms with Crippen LogP contribution in [-0.4, -0.2) is 27.2 Å². The minimum Gasteiger partial charge on any atom is -0.494 e. The molecule has 0 amide bonds. The van der Waals surface area contributed by atoms with E-state index >= 15 is 0 Å². The van der Waals surface area contributed by atoms with Crippen LogP contribution in [0.15, 0.2) is 32.8 Å². The maximum absolute atomic E-state index is 12.4. The minimum absolute atomic E-state index is 0.0119. The predicted molar refractivity (Wildman–Crippen MR) is 99.5 cm³/mol. The van der Waals surface area contributed by atoms with Crippen molar-refractivity contribution in [3.63, 3.8) is 0 Å². The molecular weight excluding hydrogens is 350 g/mol. The molecule has 4 rings (SSSR count). The molecule has 1 aliphatic heterocycles. The number of ether oxygens (including phenoxy) is 2. The Bertz CT molecular complexity index is 1010. The largest absolute Gasteiger partial charge is 0.494 e. The Morgan fingerprint density at radius 2 is 1.93 bits per heavy atom. The van der Waals surface area contributed by atoms with Crippen molar-refractivity contribution >= 4 is 11.4 Å². The van der Waals surface area contributed by atoms with Gasteiger partial charge < -0.3 is 14.6 Å². The average molecular weight is 371 g/mol. The number of hydrogen-bond acceptors (Lipinski definition) is 6. The standard InChI is InChI=1S/C19H21N3O5/c1-11(20-12-7-8-14-15(9-12)27-10-26-14)16-17(23)21-19(25)22(18(16)24)13-5-3-2-4-6-13/h7-9,13,24H,2-6,10H2,1H3,(H,21,23,25). The second kappa shape index (κ2) is 6.94. The number of aromatic nitrogens is 2. The highest BCUT2D eigenvalue weighted by atomic mass is 16.7. The quantitative estimate of drug-likeness (QED) is 0.807. The van der Waals surface area contributed by atoms with Crippen LogP contribution >= 0.6 is 0 Å². The Hall–Kier alpha value is -3.03. The molecular formula is C19H21N3O5. The van der Waals surface area contributed by atoms with Crippen LogP contribution < -0.4 is 20.7 Å². The van der Waals surface area contributed by atoms with Gasteiger partial charge in [0.15, 0.2) is 11.5 Å². The van der Waals surface area contributed by atoms with Gasteiger partial charge in [-0.05, 0) is 31.9 Å². The van der Waals surface area contributed by atoms with Gasteiger partial charge in [-0.15, -0.1) is 0 Å². The van der Waals surface area contributed by atoms with Crippen LogP contribution in [0.4, 0.5) is 5.69 Å². The molecule has 2 N–H and O–H groups in total. The molecule has 2 aliphatic rings. The maximum Gasteiger partial charge on any atom is 0.331 e. The molecule has 142 valence electrons. The van der Waals surface area contributed by atoms with E-state index in [1.807, 2.05) is 0 Å². The molecule has 2 heterocycles. The molecule has 27 heavy (non-hydrogen) atoms. The van der Waals surface area contributed by atoms with Crippen molar-refractivity contribution in [1.82, 2.24) is 9.55 Å². The summed E-state index contributed by atoms with van der Waals surface area (Å²) < 4.78 is 11.9. The number of nitrogens with zero attached hydrogens (tertiary/aromatic N) is 2. The Balaban J connectivity index is 1.76. The fraction of sp³-hybridized carbons (Fsp3) is 0.421. The van der Waals surface area contributed by atoms with Gasteiger partial charge in [0.05, 0.1) is 11.4 Å². The molecule has 8 nitrogen and oxygen atoms in total. The first kappa shape index (κ1) is 17.4. The molecule has 1 aromatic heterocycles. The zero-order valence-electron chi connectivity index (χ0n) is 15.0. The van der Waals surface area contributed by atoms with E-state index in [0.717, 1.165) is 32.1 Å². The third kappa shape index (κ3) is 3.22. The predicted octanol–water partition coefficient (Wildman–Crippen LogP) is 2.62. The number of hydrogen-bond donors (Lipinski definition) is 2. The van der Waals surface area contributed by atoms with Gasteiger partial charge in [0.2, 0.25) is 12.7 Å². The zero-order chi connectivity index (χ0) is 19.0. The first-order chi connectivity index (χ1) is 13.0. The van der Waals surface area contributed by atoms with Gasteiger partial charge in [0, 0.05) is 12.1 Å². The van der Waals surface area contributed by atoms with E-state index in [4.69, 9.17) is 9.47 Å². The van der Waals surface area contributed by atoms with E-state index in [0.29, 0.717) is 22.9 Å². The monoisotopic (exact) mass is 371 g/mol. The van der Waals surface area contributed by atoms with E-state index in [1.165, 1.54) is 4.57 Å². The molecule has 2 aromatic rings. The number of aromatic amines is 1. The Kier molecular flexibility index (Phi) is 4.47. The Morgan fingerprint density at radius 1 is 1.19 bits per heavy atom. The number of fused-ring (bicyclic) bond motifs is 1. The van der Waals surface area contributed by atoms with Crippen LogP contribution in [0.2, 0.25) is 0 Å². The number of aliphatic imine (C=N–C) groups is 1. The highest BCUT2D eigenvalue weighted by Crippen LogP contribution is 2.35. The summed E-state index contributed by atoms with van der Waals surface area (Å²) in [6.07, 6.45) is 4.71. The molecule has 1 saturated carbocycles. The molecule has 0 atom stereocenters. The van der Waals surface area contributed by atoms with Crippen molar-refractivity contribution < 1.29 is 14.6 Å². The molecule has 0 spiro atoms. The first-order valence-corrected chi connectivity index (χ1v) is 9.07. The Morgan fingerprint density at radius 3 is 2.70 bits per heavy atom. The van der Waals surface area contributed by atoms with Gasteiger partial charge in [0.1, 0.15) is 5.56 Å². The van der Waals surface area contributed by atoms with E-state index in [-0.39, 0.29) is 24.3 Å². The van der Waals surface area contributed by atoms with Gasteiger partial charge in [-0.1, -0.05) is 19.3 Å². The maximum atomic E-state index is 12.4. The summed E-state index contributed by atoms with van der Waals surface area (Å²) in [5, 5.41) is 10.7. The minimum atomic E-state index is -0.647. The second-order valence-corrected chi connectivity index (χ2v) is 6.85. The Labute approximate surface area is 155 Å². The molecule has 0 unspecified atom stereocenters. The van der Waals surface area contributed by atoms with Gasteiger partial charge in [-0.3, -0.25) is 19.3 Å². The first-order valence-electron chi connectivity index (χ1n) is 9.07. The fourth-order valence-electron chi connectivity index (χ4n) is 3.75. The van der Waals surface area contributed by atoms with Crippen LogP contribution in [0, 0.1) is 0 Å². The summed E-state index contributed by atoms with van der Waals surface area (Å²) in [4.78, 5) is 31.4. The third-order valence-corrected chi connectivity index (χ3v) is 5.07. The van der Waals surface area contributed by atoms with Crippen molar-refractivity contribution in [2.24, 2.45) is 4.99 Å². The van der Waals surface area contributed by atoms with Crippen molar-refractivity contribution in [1.29, 1.82) is 0 Å². The van der Waals surface area contributed by atoms with Crippen LogP contribution in [0.25, 0.3) is 0 Å². The zero-order valence-corrected chi connectivity index (χ0v) is 15.0. The molecule has 0 saturated heterocycles. The highest BCUT2D eigenvalue weighted by molar-refractivity contribution is 6.01. The molecule has 0 bridgehead atoms. The van der Waals surface area contributed by atoms with Crippen molar-refractivity contribution in [3.05, 3.63) is 44.6 Å². The van der Waals surface area contributed by atoms with Crippen LogP contribution in [0.3, 0.4) is 0 Å². The normalized spacial score (nSPS) is 17.3. The molecule has 0 radical (unpaired) electrons. The average Bonchev–Trinajstić information content (AvgIpc) is 3.10. The van der Waals surface area contributed by atoms with Gasteiger partial charge in [-0.25, -0.2) is 4.79 Å². The fourth-order valence-corrected chi connectivity index (χ4v) is 3.75. The highest BCUT2D eigenvalue weighted by Gasteiger charge is 2.24. The lowest BCUT2D eigenvalue weighted by molar-refractivity contribution is 0.174. The summed E-state index contributed by atoms with van der Waals surface area (Å²) in [6, 6.07) is 5.06. The number of nitrogens with one attached hydrogen (secondary N) is 1. The van der Waals surface area contributed by atoms with Gasteiger partial charge in [-0.2, -0.15) is 0 Å². The van der Waals surface area contributed by atoms with Crippen molar-refractivity contribution in [3.8, 4) is 17.4 Å². The molecule has 1 aromatic carbocycles. The summed E-state index contributed by atoms with van der Waals surface area (Å²) >= 11 is 0. The number of benzene rings is 1. The summed E-state index contributed by atoms with van der Waals surface area (Å²) in [7, 11) is 0. The smallest absolute Gasteiger partial charge is 0.331 e. The number of rotatable bonds is 3. The van der Waals surface area contributed by atoms with Crippen LogP contribution in [-0.2, 0) is 0 Å². The van der Waals surface area contributed by atoms with E-state index < -0.39 is 11.2 Å².